The number of carbonyl (C=O) groups excluding carboxylic acids is 1. The standard InChI is InChI=1S/C27H27NO5.C25H23NO5.Li.H2O/c1-2-31-26(30)14-21-7-3-4-9-25(21)32-17-19-11-22-13-23(16-29)33-27(22)24(12-19)20-8-5-6-18(10-20)15-28;26-13-16-4-3-6-18(8-16)22-10-17(9-20-11-21(14-27)31-25(20)22)15-30-23-7-2-1-5-19(23)12-24(28)29;;/h3-13,29H,2,14-17,28H2,1H3;1-11,27H,12-15,26H2,(H,28,29);;1H2/q;;+1;/p-1. The van der Waals surface area contributed by atoms with Gasteiger partial charge in [0.25, 0.3) is 0 Å². The first-order valence-corrected chi connectivity index (χ1v) is 20.9. The van der Waals surface area contributed by atoms with E-state index in [9.17, 15) is 19.8 Å². The number of furan rings is 2. The third-order valence-corrected chi connectivity index (χ3v) is 10.4. The summed E-state index contributed by atoms with van der Waals surface area (Å²) in [6.45, 7) is 3.20. The van der Waals surface area contributed by atoms with Gasteiger partial charge in [-0.15, -0.1) is 0 Å². The quantitative estimate of drug-likeness (QED) is 0.0537. The second kappa shape index (κ2) is 24.0. The van der Waals surface area contributed by atoms with Gasteiger partial charge < -0.3 is 55.3 Å². The molecule has 8 rings (SSSR count). The van der Waals surface area contributed by atoms with Crippen molar-refractivity contribution in [2.75, 3.05) is 6.61 Å². The molecule has 0 aliphatic carbocycles. The van der Waals surface area contributed by atoms with Crippen LogP contribution in [0.25, 0.3) is 44.2 Å². The maximum Gasteiger partial charge on any atom is 1.00 e. The molecule has 8 N–H and O–H groups in total. The van der Waals surface area contributed by atoms with Crippen molar-refractivity contribution in [2.45, 2.75) is 59.3 Å². The predicted octanol–water partition coefficient (Wildman–Crippen LogP) is 5.82. The van der Waals surface area contributed by atoms with Gasteiger partial charge in [-0.3, -0.25) is 9.59 Å². The molecule has 6 aromatic carbocycles. The van der Waals surface area contributed by atoms with Crippen LogP contribution in [-0.2, 0) is 66.7 Å². The van der Waals surface area contributed by atoms with E-state index in [0.29, 0.717) is 66.1 Å². The van der Waals surface area contributed by atoms with Crippen LogP contribution in [0.3, 0.4) is 0 Å². The molecule has 0 unspecified atom stereocenters. The van der Waals surface area contributed by atoms with Crippen molar-refractivity contribution < 1.29 is 72.3 Å². The van der Waals surface area contributed by atoms with Crippen molar-refractivity contribution in [2.24, 2.45) is 11.5 Å². The number of hydrogen-bond donors (Lipinski definition) is 5. The molecule has 336 valence electrons. The number of benzene rings is 6. The van der Waals surface area contributed by atoms with Gasteiger partial charge in [0.2, 0.25) is 0 Å². The molecule has 0 fully saturated rings. The fourth-order valence-corrected chi connectivity index (χ4v) is 7.45. The average molecular weight is 887 g/mol. The normalized spacial score (nSPS) is 10.7. The van der Waals surface area contributed by atoms with Crippen molar-refractivity contribution >= 4 is 33.9 Å². The number of nitrogens with two attached hydrogens (primary N) is 2. The Hall–Kier alpha value is -6.66. The number of fused-ring (bicyclic) bond motifs is 2. The number of carbonyl (C=O) groups is 2. The largest absolute Gasteiger partial charge is 1.00 e. The first-order valence-electron chi connectivity index (χ1n) is 20.9. The Morgan fingerprint density at radius 1 is 0.576 bits per heavy atom. The monoisotopic (exact) mass is 886 g/mol. The van der Waals surface area contributed by atoms with Gasteiger partial charge in [0.05, 0.1) is 19.4 Å². The Bertz CT molecular complexity index is 2890. The van der Waals surface area contributed by atoms with Gasteiger partial charge in [-0.05, 0) is 101 Å². The molecule has 0 bridgehead atoms. The number of carboxylic acid groups (broad SMARTS) is 1. The molecule has 14 heteroatoms. The van der Waals surface area contributed by atoms with Crippen LogP contribution in [0.5, 0.6) is 11.5 Å². The zero-order valence-corrected chi connectivity index (χ0v) is 36.9. The summed E-state index contributed by atoms with van der Waals surface area (Å²) in [5, 5.41) is 30.0. The summed E-state index contributed by atoms with van der Waals surface area (Å²) in [5.74, 6) is 0.970. The molecule has 0 aliphatic rings. The summed E-state index contributed by atoms with van der Waals surface area (Å²) < 4.78 is 28.9. The van der Waals surface area contributed by atoms with Gasteiger partial charge in [-0.25, -0.2) is 0 Å². The van der Waals surface area contributed by atoms with Gasteiger partial charge in [0, 0.05) is 46.1 Å². The number of aliphatic hydroxyl groups is 2. The van der Waals surface area contributed by atoms with Gasteiger partial charge >= 0.3 is 30.8 Å². The zero-order valence-electron chi connectivity index (χ0n) is 36.9. The van der Waals surface area contributed by atoms with Crippen LogP contribution in [-0.4, -0.2) is 39.3 Å². The molecule has 0 aliphatic heterocycles. The first-order chi connectivity index (χ1) is 31.2. The minimum absolute atomic E-state index is 0. The van der Waals surface area contributed by atoms with E-state index in [1.54, 1.807) is 25.1 Å². The molecule has 0 radical (unpaired) electrons. The Morgan fingerprint density at radius 3 is 1.45 bits per heavy atom. The Morgan fingerprint density at radius 2 is 1.03 bits per heavy atom. The molecule has 2 heterocycles. The van der Waals surface area contributed by atoms with Crippen LogP contribution in [0.2, 0.25) is 0 Å². The van der Waals surface area contributed by atoms with E-state index < -0.39 is 5.97 Å². The number of ether oxygens (including phenoxy) is 3. The second-order valence-corrected chi connectivity index (χ2v) is 15.0. The predicted molar refractivity (Wildman–Crippen MR) is 246 cm³/mol. The zero-order chi connectivity index (χ0) is 45.0. The molecule has 0 spiro atoms. The van der Waals surface area contributed by atoms with E-state index in [-0.39, 0.29) is 63.0 Å². The summed E-state index contributed by atoms with van der Waals surface area (Å²) in [6, 6.07) is 42.1. The number of carboxylic acids is 1. The average Bonchev–Trinajstić information content (AvgIpc) is 3.95. The van der Waals surface area contributed by atoms with Gasteiger partial charge in [-0.2, -0.15) is 0 Å². The molecular weight excluding hydrogens is 836 g/mol. The van der Waals surface area contributed by atoms with Gasteiger partial charge in [0.1, 0.15) is 60.6 Å². The summed E-state index contributed by atoms with van der Waals surface area (Å²) in [7, 11) is 0. The fourth-order valence-electron chi connectivity index (χ4n) is 7.45. The molecular formula is C52H51LiN2O11. The Kier molecular flexibility index (Phi) is 18.3. The van der Waals surface area contributed by atoms with E-state index in [2.05, 4.69) is 0 Å². The smallest absolute Gasteiger partial charge is 0.870 e. The fraction of sp³-hybridized carbons (Fsp3) is 0.192. The molecule has 8 aromatic rings. The van der Waals surface area contributed by atoms with Crippen molar-refractivity contribution in [3.05, 3.63) is 178 Å². The molecule has 2 aromatic heterocycles. The molecule has 13 nitrogen and oxygen atoms in total. The van der Waals surface area contributed by atoms with Crippen molar-refractivity contribution in [3.8, 4) is 33.8 Å². The van der Waals surface area contributed by atoms with E-state index in [0.717, 1.165) is 60.8 Å². The van der Waals surface area contributed by atoms with Crippen molar-refractivity contribution in [1.82, 2.24) is 0 Å². The number of aliphatic hydroxyl groups excluding tert-OH is 2. The van der Waals surface area contributed by atoms with Crippen molar-refractivity contribution in [3.63, 3.8) is 0 Å². The Labute approximate surface area is 394 Å². The molecule has 0 saturated carbocycles. The molecule has 0 atom stereocenters. The minimum atomic E-state index is -0.908. The Balaban J connectivity index is 0.000000241. The molecule has 0 saturated heterocycles. The summed E-state index contributed by atoms with van der Waals surface area (Å²) in [5.41, 5.74) is 22.0. The van der Waals surface area contributed by atoms with Crippen LogP contribution in [0.1, 0.15) is 51.8 Å². The van der Waals surface area contributed by atoms with Crippen LogP contribution >= 0.6 is 0 Å². The topological polar surface area (TPSA) is 231 Å². The minimum Gasteiger partial charge on any atom is -0.870 e. The number of esters is 1. The van der Waals surface area contributed by atoms with E-state index >= 15 is 0 Å². The molecule has 66 heavy (non-hydrogen) atoms. The maximum atomic E-state index is 12.0. The van der Waals surface area contributed by atoms with Crippen LogP contribution in [0, 0.1) is 0 Å². The van der Waals surface area contributed by atoms with Crippen molar-refractivity contribution in [1.29, 1.82) is 0 Å². The second-order valence-electron chi connectivity index (χ2n) is 15.0. The first kappa shape index (κ1) is 50.3. The number of hydrogen-bond acceptors (Lipinski definition) is 12. The number of para-hydroxylation sites is 2. The third kappa shape index (κ3) is 12.6. The van der Waals surface area contributed by atoms with Gasteiger partial charge in [-0.1, -0.05) is 72.8 Å². The number of aliphatic carboxylic acids is 1. The van der Waals surface area contributed by atoms with E-state index in [1.165, 1.54) is 0 Å². The van der Waals surface area contributed by atoms with E-state index in [1.807, 2.05) is 115 Å². The van der Waals surface area contributed by atoms with Crippen LogP contribution in [0.15, 0.2) is 142 Å². The van der Waals surface area contributed by atoms with Crippen LogP contribution < -0.4 is 39.8 Å². The van der Waals surface area contributed by atoms with Crippen LogP contribution in [0.4, 0.5) is 0 Å². The van der Waals surface area contributed by atoms with E-state index in [4.69, 9.17) is 39.6 Å². The summed E-state index contributed by atoms with van der Waals surface area (Å²) >= 11 is 0. The van der Waals surface area contributed by atoms with Gasteiger partial charge in [0.15, 0.2) is 0 Å². The summed E-state index contributed by atoms with van der Waals surface area (Å²) in [4.78, 5) is 23.1. The maximum absolute atomic E-state index is 12.0. The summed E-state index contributed by atoms with van der Waals surface area (Å²) in [6.07, 6.45) is 0.0513. The third-order valence-electron chi connectivity index (χ3n) is 10.4. The number of rotatable bonds is 17. The molecule has 0 amide bonds. The SMILES string of the molecule is CCOC(=O)Cc1ccccc1OCc1cc(-c2cccc(CN)c2)c2oc(CO)cc2c1.NCc1cccc(-c2cc(COc3ccccc3CC(=O)O)cc3cc(CO)oc23)c1.[Li+].[OH-].